The number of nitrogens with zero attached hydrogens (tertiary/aromatic N) is 1. The van der Waals surface area contributed by atoms with Gasteiger partial charge < -0.3 is 5.73 Å². The van der Waals surface area contributed by atoms with Crippen molar-refractivity contribution in [2.45, 2.75) is 4.90 Å². The Morgan fingerprint density at radius 2 is 1.70 bits per heavy atom. The number of nitrogen functional groups attached to an aromatic ring is 1. The molecule has 8 heteroatoms. The highest BCUT2D eigenvalue weighted by molar-refractivity contribution is 7.92. The number of fused-ring (bicyclic) bond motifs is 1. The van der Waals surface area contributed by atoms with Crippen molar-refractivity contribution in [3.63, 3.8) is 0 Å². The van der Waals surface area contributed by atoms with E-state index < -0.39 is 10.0 Å². The molecule has 0 aliphatic rings. The Morgan fingerprint density at radius 1 is 0.963 bits per heavy atom. The minimum atomic E-state index is -3.70. The molecular weight excluding hydrogens is 384 g/mol. The molecule has 6 nitrogen and oxygen atoms in total. The van der Waals surface area contributed by atoms with E-state index in [1.54, 1.807) is 24.3 Å². The van der Waals surface area contributed by atoms with Gasteiger partial charge in [0.1, 0.15) is 0 Å². The third-order valence-electron chi connectivity index (χ3n) is 4.17. The zero-order valence-corrected chi connectivity index (χ0v) is 15.6. The number of hydrogen-bond donors (Lipinski definition) is 3. The molecule has 0 aliphatic carbocycles. The van der Waals surface area contributed by atoms with Crippen LogP contribution >= 0.6 is 11.6 Å². The highest BCUT2D eigenvalue weighted by Gasteiger charge is 2.14. The Hall–Kier alpha value is -3.03. The highest BCUT2D eigenvalue weighted by Crippen LogP contribution is 2.28. The van der Waals surface area contributed by atoms with Gasteiger partial charge in [-0.25, -0.2) is 8.42 Å². The van der Waals surface area contributed by atoms with Gasteiger partial charge >= 0.3 is 0 Å². The lowest BCUT2D eigenvalue weighted by Crippen LogP contribution is -2.12. The first kappa shape index (κ1) is 17.4. The zero-order chi connectivity index (χ0) is 19.0. The van der Waals surface area contributed by atoms with Crippen LogP contribution in [-0.4, -0.2) is 18.6 Å². The van der Waals surface area contributed by atoms with Crippen LogP contribution in [0.5, 0.6) is 0 Å². The second-order valence-electron chi connectivity index (χ2n) is 6.01. The summed E-state index contributed by atoms with van der Waals surface area (Å²) < 4.78 is 27.5. The van der Waals surface area contributed by atoms with Gasteiger partial charge in [-0.05, 0) is 53.6 Å². The molecule has 0 atom stereocenters. The predicted molar refractivity (Wildman–Crippen MR) is 108 cm³/mol. The van der Waals surface area contributed by atoms with Crippen LogP contribution in [0.4, 0.5) is 11.5 Å². The molecule has 0 aliphatic heterocycles. The number of H-pyrrole nitrogens is 1. The third kappa shape index (κ3) is 3.47. The van der Waals surface area contributed by atoms with Crippen molar-refractivity contribution in [3.8, 4) is 11.1 Å². The molecule has 0 saturated carbocycles. The SMILES string of the molecule is Nc1n[nH]c2ccc(-c3ccc(NS(=O)(=O)c4cccc(Cl)c4)cc3)cc12. The summed E-state index contributed by atoms with van der Waals surface area (Å²) in [7, 11) is -3.70. The van der Waals surface area contributed by atoms with Crippen LogP contribution in [0.2, 0.25) is 5.02 Å². The average Bonchev–Trinajstić information content (AvgIpc) is 3.03. The van der Waals surface area contributed by atoms with E-state index in [0.717, 1.165) is 22.0 Å². The molecule has 3 aromatic carbocycles. The number of anilines is 2. The number of nitrogens with one attached hydrogen (secondary N) is 2. The van der Waals surface area contributed by atoms with E-state index in [9.17, 15) is 8.42 Å². The summed E-state index contributed by atoms with van der Waals surface area (Å²) in [6.07, 6.45) is 0. The Bertz CT molecular complexity index is 1230. The zero-order valence-electron chi connectivity index (χ0n) is 14.0. The Balaban J connectivity index is 1.60. The lowest BCUT2D eigenvalue weighted by atomic mass is 10.0. The summed E-state index contributed by atoms with van der Waals surface area (Å²) in [4.78, 5) is 0.111. The lowest BCUT2D eigenvalue weighted by molar-refractivity contribution is 0.601. The molecule has 4 aromatic rings. The van der Waals surface area contributed by atoms with E-state index in [-0.39, 0.29) is 4.90 Å². The first-order valence-corrected chi connectivity index (χ1v) is 9.91. The van der Waals surface area contributed by atoms with Crippen molar-refractivity contribution >= 4 is 44.0 Å². The van der Waals surface area contributed by atoms with Crippen LogP contribution in [-0.2, 0) is 10.0 Å². The summed E-state index contributed by atoms with van der Waals surface area (Å²) in [5.74, 6) is 0.442. The standard InChI is InChI=1S/C19H15ClN4O2S/c20-14-2-1-3-16(11-14)27(25,26)24-15-7-4-12(5-8-15)13-6-9-18-17(10-13)19(21)23-22-18/h1-11,24H,(H3,21,22,23). The van der Waals surface area contributed by atoms with Gasteiger partial charge in [0.15, 0.2) is 5.82 Å². The molecule has 0 radical (unpaired) electrons. The maximum atomic E-state index is 12.5. The van der Waals surface area contributed by atoms with Gasteiger partial charge in [-0.3, -0.25) is 9.82 Å². The second kappa shape index (κ2) is 6.61. The molecule has 0 fully saturated rings. The van der Waals surface area contributed by atoms with Crippen LogP contribution in [0.15, 0.2) is 71.6 Å². The maximum Gasteiger partial charge on any atom is 0.261 e. The normalized spacial score (nSPS) is 11.6. The van der Waals surface area contributed by atoms with E-state index in [2.05, 4.69) is 14.9 Å². The number of aromatic nitrogens is 2. The summed E-state index contributed by atoms with van der Waals surface area (Å²) in [6.45, 7) is 0. The van der Waals surface area contributed by atoms with E-state index in [0.29, 0.717) is 16.5 Å². The van der Waals surface area contributed by atoms with Crippen LogP contribution in [0.1, 0.15) is 0 Å². The number of benzene rings is 3. The largest absolute Gasteiger partial charge is 0.382 e. The lowest BCUT2D eigenvalue weighted by Gasteiger charge is -2.09. The van der Waals surface area contributed by atoms with E-state index in [1.807, 2.05) is 30.3 Å². The van der Waals surface area contributed by atoms with Crippen LogP contribution in [0, 0.1) is 0 Å². The number of sulfonamides is 1. The Labute approximate surface area is 161 Å². The van der Waals surface area contributed by atoms with Crippen molar-refractivity contribution in [1.82, 2.24) is 10.2 Å². The van der Waals surface area contributed by atoms with Gasteiger partial charge in [-0.15, -0.1) is 0 Å². The van der Waals surface area contributed by atoms with Gasteiger partial charge in [-0.1, -0.05) is 35.9 Å². The van der Waals surface area contributed by atoms with Crippen LogP contribution in [0.3, 0.4) is 0 Å². The molecule has 136 valence electrons. The first-order valence-electron chi connectivity index (χ1n) is 8.05. The molecular formula is C19H15ClN4O2S. The van der Waals surface area contributed by atoms with Crippen molar-refractivity contribution in [2.24, 2.45) is 0 Å². The molecule has 1 aromatic heterocycles. The summed E-state index contributed by atoms with van der Waals surface area (Å²) in [5.41, 5.74) is 9.07. The predicted octanol–water partition coefficient (Wildman–Crippen LogP) is 4.27. The van der Waals surface area contributed by atoms with Gasteiger partial charge in [-0.2, -0.15) is 5.10 Å². The monoisotopic (exact) mass is 398 g/mol. The highest BCUT2D eigenvalue weighted by atomic mass is 35.5. The number of halogens is 1. The first-order chi connectivity index (χ1) is 12.9. The van der Waals surface area contributed by atoms with E-state index in [1.165, 1.54) is 12.1 Å². The molecule has 4 rings (SSSR count). The van der Waals surface area contributed by atoms with E-state index in [4.69, 9.17) is 17.3 Å². The van der Waals surface area contributed by atoms with Crippen molar-refractivity contribution in [2.75, 3.05) is 10.5 Å². The maximum absolute atomic E-state index is 12.5. The van der Waals surface area contributed by atoms with Crippen molar-refractivity contribution < 1.29 is 8.42 Å². The van der Waals surface area contributed by atoms with Crippen molar-refractivity contribution in [1.29, 1.82) is 0 Å². The molecule has 4 N–H and O–H groups in total. The van der Waals surface area contributed by atoms with E-state index >= 15 is 0 Å². The fourth-order valence-electron chi connectivity index (χ4n) is 2.79. The van der Waals surface area contributed by atoms with Gasteiger partial charge in [0.25, 0.3) is 10.0 Å². The molecule has 0 bridgehead atoms. The van der Waals surface area contributed by atoms with Crippen LogP contribution in [0.25, 0.3) is 22.0 Å². The van der Waals surface area contributed by atoms with Gasteiger partial charge in [0, 0.05) is 16.1 Å². The fourth-order valence-corrected chi connectivity index (χ4v) is 4.15. The minimum absolute atomic E-state index is 0.111. The van der Waals surface area contributed by atoms with Crippen LogP contribution < -0.4 is 10.5 Å². The Kier molecular flexibility index (Phi) is 4.25. The summed E-state index contributed by atoms with van der Waals surface area (Å²) in [5, 5.41) is 8.06. The fraction of sp³-hybridized carbons (Fsp3) is 0. The molecule has 0 saturated heterocycles. The van der Waals surface area contributed by atoms with Crippen molar-refractivity contribution in [3.05, 3.63) is 71.8 Å². The number of rotatable bonds is 4. The summed E-state index contributed by atoms with van der Waals surface area (Å²) in [6, 6.07) is 19.0. The number of hydrogen-bond acceptors (Lipinski definition) is 4. The average molecular weight is 399 g/mol. The molecule has 0 spiro atoms. The molecule has 0 unspecified atom stereocenters. The van der Waals surface area contributed by atoms with Gasteiger partial charge in [0.2, 0.25) is 0 Å². The third-order valence-corrected chi connectivity index (χ3v) is 5.78. The Morgan fingerprint density at radius 3 is 2.44 bits per heavy atom. The molecule has 27 heavy (non-hydrogen) atoms. The van der Waals surface area contributed by atoms with Gasteiger partial charge in [0.05, 0.1) is 10.4 Å². The summed E-state index contributed by atoms with van der Waals surface area (Å²) >= 11 is 5.88. The molecule has 0 amide bonds. The molecule has 1 heterocycles. The smallest absolute Gasteiger partial charge is 0.261 e. The topological polar surface area (TPSA) is 101 Å². The quantitative estimate of drug-likeness (QED) is 0.478. The second-order valence-corrected chi connectivity index (χ2v) is 8.13. The minimum Gasteiger partial charge on any atom is -0.382 e. The number of nitrogens with two attached hydrogens (primary N) is 1. The number of aromatic amines is 1.